The number of nitrogens with zero attached hydrogens (tertiary/aromatic N) is 3. The third-order valence-corrected chi connectivity index (χ3v) is 4.58. The highest BCUT2D eigenvalue weighted by molar-refractivity contribution is 6.36. The number of rotatable bonds is 11. The molecule has 0 spiro atoms. The molecule has 2 rings (SSSR count). The Kier molecular flexibility index (Phi) is 8.83. The van der Waals surface area contributed by atoms with Gasteiger partial charge in [0, 0.05) is 33.3 Å². The first-order valence-electron chi connectivity index (χ1n) is 9.85. The molecule has 0 bridgehead atoms. The molecule has 12 nitrogen and oxygen atoms in total. The van der Waals surface area contributed by atoms with Gasteiger partial charge in [0.05, 0.1) is 12.5 Å². The number of hydrogen-bond acceptors (Lipinski definition) is 7. The molecule has 0 aliphatic carbocycles. The molecule has 32 heavy (non-hydrogen) atoms. The van der Waals surface area contributed by atoms with E-state index in [1.807, 2.05) is 0 Å². The summed E-state index contributed by atoms with van der Waals surface area (Å²) in [6.45, 7) is 2.06. The van der Waals surface area contributed by atoms with Crippen LogP contribution >= 0.6 is 0 Å². The molecule has 0 radical (unpaired) electrons. The first kappa shape index (κ1) is 24.5. The topological polar surface area (TPSA) is 153 Å². The van der Waals surface area contributed by atoms with Crippen LogP contribution in [0, 0.1) is 0 Å². The molecule has 12 heteroatoms. The first-order chi connectivity index (χ1) is 15.3. The molecule has 2 heterocycles. The molecule has 3 amide bonds. The normalized spacial score (nSPS) is 11.5. The van der Waals surface area contributed by atoms with Crippen LogP contribution < -0.4 is 21.5 Å². The predicted octanol–water partition coefficient (Wildman–Crippen LogP) is -0.592. The van der Waals surface area contributed by atoms with Gasteiger partial charge in [-0.3, -0.25) is 24.0 Å². The standard InChI is InChI=1S/C20H26N6O6/c1-4-26-9-5-6-14(20(26)31)24-17(28)13(7-8-16(27)19(30)22-12-32-3)23-18(29)15-10-21-11-25(15)2/h5-6,9-11,13H,4,7-8,12H2,1-3H3,(H,22,30)(H,23,29)(H,24,28). The lowest BCUT2D eigenvalue weighted by Gasteiger charge is -2.18. The van der Waals surface area contributed by atoms with Crippen molar-refractivity contribution in [2.24, 2.45) is 7.05 Å². The van der Waals surface area contributed by atoms with Crippen LogP contribution in [0.2, 0.25) is 0 Å². The highest BCUT2D eigenvalue weighted by Crippen LogP contribution is 2.07. The largest absolute Gasteiger partial charge is 0.364 e. The van der Waals surface area contributed by atoms with E-state index in [4.69, 9.17) is 0 Å². The van der Waals surface area contributed by atoms with E-state index < -0.39 is 35.1 Å². The van der Waals surface area contributed by atoms with Gasteiger partial charge in [-0.05, 0) is 25.5 Å². The van der Waals surface area contributed by atoms with Gasteiger partial charge >= 0.3 is 0 Å². The number of anilines is 1. The van der Waals surface area contributed by atoms with E-state index in [0.717, 1.165) is 0 Å². The number of ether oxygens (including phenoxy) is 1. The van der Waals surface area contributed by atoms with Crippen LogP contribution in [0.5, 0.6) is 0 Å². The molecule has 0 saturated heterocycles. The summed E-state index contributed by atoms with van der Waals surface area (Å²) in [7, 11) is 2.97. The third kappa shape index (κ3) is 6.35. The zero-order chi connectivity index (χ0) is 23.7. The summed E-state index contributed by atoms with van der Waals surface area (Å²) in [5.41, 5.74) is -0.182. The highest BCUT2D eigenvalue weighted by atomic mass is 16.5. The van der Waals surface area contributed by atoms with Crippen LogP contribution in [0.1, 0.15) is 30.3 Å². The van der Waals surface area contributed by atoms with Crippen LogP contribution in [0.3, 0.4) is 0 Å². The molecule has 2 aromatic heterocycles. The Morgan fingerprint density at radius 1 is 1.25 bits per heavy atom. The van der Waals surface area contributed by atoms with Crippen molar-refractivity contribution in [2.75, 3.05) is 19.2 Å². The fraction of sp³-hybridized carbons (Fsp3) is 0.400. The first-order valence-corrected chi connectivity index (χ1v) is 9.85. The Balaban J connectivity index is 2.17. The lowest BCUT2D eigenvalue weighted by Crippen LogP contribution is -2.45. The summed E-state index contributed by atoms with van der Waals surface area (Å²) in [6.07, 6.45) is 3.85. The Morgan fingerprint density at radius 2 is 2.00 bits per heavy atom. The van der Waals surface area contributed by atoms with Crippen LogP contribution in [-0.4, -0.2) is 57.5 Å². The summed E-state index contributed by atoms with van der Waals surface area (Å²) >= 11 is 0. The van der Waals surface area contributed by atoms with E-state index in [1.165, 1.54) is 34.8 Å². The second-order valence-corrected chi connectivity index (χ2v) is 6.82. The molecule has 1 unspecified atom stereocenters. The summed E-state index contributed by atoms with van der Waals surface area (Å²) in [6, 6.07) is 1.86. The van der Waals surface area contributed by atoms with Crippen molar-refractivity contribution < 1.29 is 23.9 Å². The quantitative estimate of drug-likeness (QED) is 0.308. The van der Waals surface area contributed by atoms with E-state index in [2.05, 4.69) is 25.7 Å². The lowest BCUT2D eigenvalue weighted by molar-refractivity contribution is -0.139. The fourth-order valence-corrected chi connectivity index (χ4v) is 2.80. The maximum absolute atomic E-state index is 12.9. The number of nitrogens with one attached hydrogen (secondary N) is 3. The maximum Gasteiger partial charge on any atom is 0.289 e. The van der Waals surface area contributed by atoms with Gasteiger partial charge in [0.1, 0.15) is 24.2 Å². The number of pyridine rings is 1. The van der Waals surface area contributed by atoms with Gasteiger partial charge in [0.2, 0.25) is 11.7 Å². The lowest BCUT2D eigenvalue weighted by atomic mass is 10.1. The van der Waals surface area contributed by atoms with E-state index in [0.29, 0.717) is 6.54 Å². The van der Waals surface area contributed by atoms with E-state index >= 15 is 0 Å². The van der Waals surface area contributed by atoms with Crippen molar-refractivity contribution in [3.63, 3.8) is 0 Å². The summed E-state index contributed by atoms with van der Waals surface area (Å²) in [5.74, 6) is -2.93. The average molecular weight is 446 g/mol. The zero-order valence-corrected chi connectivity index (χ0v) is 18.1. The van der Waals surface area contributed by atoms with Gasteiger partial charge in [0.25, 0.3) is 17.4 Å². The Hall–Kier alpha value is -3.80. The van der Waals surface area contributed by atoms with Crippen molar-refractivity contribution >= 4 is 29.2 Å². The molecule has 0 aromatic carbocycles. The minimum Gasteiger partial charge on any atom is -0.364 e. The van der Waals surface area contributed by atoms with Gasteiger partial charge in [-0.2, -0.15) is 0 Å². The molecular formula is C20H26N6O6. The number of methoxy groups -OCH3 is 1. The Morgan fingerprint density at radius 3 is 2.62 bits per heavy atom. The van der Waals surface area contributed by atoms with Crippen molar-refractivity contribution in [3.8, 4) is 0 Å². The van der Waals surface area contributed by atoms with Crippen molar-refractivity contribution in [1.29, 1.82) is 0 Å². The molecule has 0 aliphatic rings. The number of ketones is 1. The Bertz CT molecular complexity index is 1040. The summed E-state index contributed by atoms with van der Waals surface area (Å²) in [5, 5.41) is 7.29. The SMILES string of the molecule is CCn1cccc(NC(=O)C(CCC(=O)C(=O)NCOC)NC(=O)c2cncn2C)c1=O. The number of hydrogen-bond donors (Lipinski definition) is 3. The van der Waals surface area contributed by atoms with Crippen LogP contribution in [0.25, 0.3) is 0 Å². The smallest absolute Gasteiger partial charge is 0.289 e. The second-order valence-electron chi connectivity index (χ2n) is 6.82. The monoisotopic (exact) mass is 446 g/mol. The molecule has 0 aliphatic heterocycles. The number of Topliss-reactive ketones (excluding diaryl/α,β-unsaturated/α-hetero) is 1. The van der Waals surface area contributed by atoms with Crippen LogP contribution in [0.4, 0.5) is 5.69 Å². The zero-order valence-electron chi connectivity index (χ0n) is 18.1. The minimum atomic E-state index is -1.19. The minimum absolute atomic E-state index is 0.0308. The molecule has 2 aromatic rings. The summed E-state index contributed by atoms with van der Waals surface area (Å²) < 4.78 is 7.55. The number of carbonyl (C=O) groups excluding carboxylic acids is 4. The van der Waals surface area contributed by atoms with E-state index in [1.54, 1.807) is 26.2 Å². The maximum atomic E-state index is 12.9. The number of aromatic nitrogens is 3. The number of carbonyl (C=O) groups is 4. The predicted molar refractivity (Wildman–Crippen MR) is 114 cm³/mol. The van der Waals surface area contributed by atoms with Crippen molar-refractivity contribution in [2.45, 2.75) is 32.4 Å². The van der Waals surface area contributed by atoms with E-state index in [9.17, 15) is 24.0 Å². The molecule has 1 atom stereocenters. The average Bonchev–Trinajstić information content (AvgIpc) is 3.21. The second kappa shape index (κ2) is 11.6. The molecule has 172 valence electrons. The Labute approximate surface area is 184 Å². The molecular weight excluding hydrogens is 420 g/mol. The van der Waals surface area contributed by atoms with Crippen LogP contribution in [-0.2, 0) is 32.7 Å². The number of aryl methyl sites for hydroxylation is 2. The third-order valence-electron chi connectivity index (χ3n) is 4.58. The van der Waals surface area contributed by atoms with Crippen molar-refractivity contribution in [3.05, 3.63) is 46.9 Å². The van der Waals surface area contributed by atoms with Gasteiger partial charge < -0.3 is 29.8 Å². The van der Waals surface area contributed by atoms with Crippen molar-refractivity contribution in [1.82, 2.24) is 24.8 Å². The number of imidazole rings is 1. The molecule has 3 N–H and O–H groups in total. The van der Waals surface area contributed by atoms with Crippen LogP contribution in [0.15, 0.2) is 35.6 Å². The fourth-order valence-electron chi connectivity index (χ4n) is 2.80. The highest BCUT2D eigenvalue weighted by Gasteiger charge is 2.26. The van der Waals surface area contributed by atoms with Gasteiger partial charge in [-0.15, -0.1) is 0 Å². The molecule has 0 fully saturated rings. The van der Waals surface area contributed by atoms with Gasteiger partial charge in [0.15, 0.2) is 0 Å². The molecule has 0 saturated carbocycles. The van der Waals surface area contributed by atoms with Gasteiger partial charge in [-0.1, -0.05) is 0 Å². The summed E-state index contributed by atoms with van der Waals surface area (Å²) in [4.78, 5) is 65.5. The van der Waals surface area contributed by atoms with Gasteiger partial charge in [-0.25, -0.2) is 4.98 Å². The number of amides is 3. The van der Waals surface area contributed by atoms with E-state index in [-0.39, 0.29) is 31.0 Å².